The van der Waals surface area contributed by atoms with Crippen molar-refractivity contribution in [2.75, 3.05) is 0 Å². The molecule has 0 heterocycles. The topological polar surface area (TPSA) is 43.1 Å². The molecule has 122 valence electrons. The molecule has 3 heteroatoms. The molecule has 0 aromatic carbocycles. The number of carbonyl (C=O) groups is 1. The summed E-state index contributed by atoms with van der Waals surface area (Å²) >= 11 is 0. The molecule has 0 unspecified atom stereocenters. The van der Waals surface area contributed by atoms with Gasteiger partial charge in [-0.2, -0.15) is 0 Å². The van der Waals surface area contributed by atoms with Crippen LogP contribution in [0, 0.1) is 0 Å². The van der Waals surface area contributed by atoms with Crippen LogP contribution in [0.5, 0.6) is 0 Å². The van der Waals surface area contributed by atoms with Crippen molar-refractivity contribution in [3.63, 3.8) is 0 Å². The van der Waals surface area contributed by atoms with Crippen LogP contribution >= 0.6 is 0 Å². The fourth-order valence-electron chi connectivity index (χ4n) is 2.67. The summed E-state index contributed by atoms with van der Waals surface area (Å²) in [7, 11) is 0. The predicted octanol–water partition coefficient (Wildman–Crippen LogP) is 5.08. The Kier molecular flexibility index (Phi) is 24.5. The molecule has 0 atom stereocenters. The number of carbonyl (C=O) groups excluding carboxylic acids is 1. The first-order valence-electron chi connectivity index (χ1n) is 9.05. The first-order valence-corrected chi connectivity index (χ1v) is 9.05. The molecule has 0 aliphatic heterocycles. The molecule has 0 aliphatic rings. The first-order chi connectivity index (χ1) is 9.77. The van der Waals surface area contributed by atoms with Gasteiger partial charge in [-0.3, -0.25) is 4.79 Å². The zero-order chi connectivity index (χ0) is 14.9. The van der Waals surface area contributed by atoms with Crippen LogP contribution < -0.4 is 5.73 Å². The average molecular weight is 324 g/mol. The van der Waals surface area contributed by atoms with Crippen molar-refractivity contribution in [1.29, 1.82) is 0 Å². The molecular weight excluding hydrogens is 285 g/mol. The van der Waals surface area contributed by atoms with Crippen molar-refractivity contribution in [3.05, 3.63) is 0 Å². The van der Waals surface area contributed by atoms with Gasteiger partial charge >= 0.3 is 51.4 Å². The number of hydrogen-bond acceptors (Lipinski definition) is 1. The second-order valence-corrected chi connectivity index (χ2v) is 6.17. The van der Waals surface area contributed by atoms with E-state index < -0.39 is 0 Å². The van der Waals surface area contributed by atoms with Gasteiger partial charge in [0.2, 0.25) is 5.91 Å². The first kappa shape index (κ1) is 24.4. The number of amides is 1. The third-order valence-electron chi connectivity index (χ3n) is 4.03. The Balaban J connectivity index is 0. The van der Waals surface area contributed by atoms with Crippen LogP contribution in [0.25, 0.3) is 0 Å². The third kappa shape index (κ3) is 23.5. The molecule has 0 saturated heterocycles. The zero-order valence-electron chi connectivity index (χ0n) is 13.8. The summed E-state index contributed by atoms with van der Waals surface area (Å²) in [5.74, 6) is -0.153. The van der Waals surface area contributed by atoms with E-state index in [4.69, 9.17) is 5.73 Å². The maximum absolute atomic E-state index is 10.6. The van der Waals surface area contributed by atoms with Gasteiger partial charge in [0.05, 0.1) is 0 Å². The molecule has 0 spiro atoms. The van der Waals surface area contributed by atoms with E-state index in [-0.39, 0.29) is 57.3 Å². The monoisotopic (exact) mass is 323 g/mol. The molecule has 0 fully saturated rings. The van der Waals surface area contributed by atoms with Crippen LogP contribution in [0.3, 0.4) is 0 Å². The molecule has 0 aromatic heterocycles. The SMILES string of the molecule is CCCCCCCCCCCCCCCCCC(N)=O.[KH]. The molecule has 2 N–H and O–H groups in total. The van der Waals surface area contributed by atoms with Gasteiger partial charge in [0.1, 0.15) is 0 Å². The van der Waals surface area contributed by atoms with Gasteiger partial charge in [-0.05, 0) is 6.42 Å². The molecule has 0 aromatic rings. The summed E-state index contributed by atoms with van der Waals surface area (Å²) in [4.78, 5) is 10.6. The minimum absolute atomic E-state index is 0. The van der Waals surface area contributed by atoms with Gasteiger partial charge in [0, 0.05) is 6.42 Å². The Bertz CT molecular complexity index is 209. The van der Waals surface area contributed by atoms with E-state index in [1.807, 2.05) is 0 Å². The van der Waals surface area contributed by atoms with Crippen molar-refractivity contribution < 1.29 is 4.79 Å². The summed E-state index contributed by atoms with van der Waals surface area (Å²) in [5.41, 5.74) is 5.11. The fraction of sp³-hybridized carbons (Fsp3) is 0.944. The van der Waals surface area contributed by atoms with Gasteiger partial charge in [0.15, 0.2) is 0 Å². The molecule has 1 amide bonds. The normalized spacial score (nSPS) is 10.3. The van der Waals surface area contributed by atoms with E-state index in [0.29, 0.717) is 6.42 Å². The van der Waals surface area contributed by atoms with Gasteiger partial charge in [-0.15, -0.1) is 0 Å². The second kappa shape index (κ2) is 21.1. The number of rotatable bonds is 16. The summed E-state index contributed by atoms with van der Waals surface area (Å²) in [6, 6.07) is 0. The van der Waals surface area contributed by atoms with Crippen LogP contribution in [0.15, 0.2) is 0 Å². The van der Waals surface area contributed by atoms with E-state index in [9.17, 15) is 4.79 Å². The number of hydrogen-bond donors (Lipinski definition) is 1. The van der Waals surface area contributed by atoms with Crippen molar-refractivity contribution in [2.24, 2.45) is 5.73 Å². The van der Waals surface area contributed by atoms with E-state index in [0.717, 1.165) is 6.42 Å². The molecule has 0 rings (SSSR count). The third-order valence-corrected chi connectivity index (χ3v) is 4.03. The van der Waals surface area contributed by atoms with Gasteiger partial charge in [0.25, 0.3) is 0 Å². The van der Waals surface area contributed by atoms with Crippen LogP contribution in [0.2, 0.25) is 0 Å². The molecule has 0 aliphatic carbocycles. The van der Waals surface area contributed by atoms with Gasteiger partial charge in [-0.25, -0.2) is 0 Å². The summed E-state index contributed by atoms with van der Waals surface area (Å²) in [6.07, 6.45) is 20.9. The Morgan fingerprint density at radius 2 is 0.905 bits per heavy atom. The van der Waals surface area contributed by atoms with Crippen LogP contribution in [0.4, 0.5) is 0 Å². The van der Waals surface area contributed by atoms with Gasteiger partial charge in [-0.1, -0.05) is 96.8 Å². The number of unbranched alkanes of at least 4 members (excludes halogenated alkanes) is 14. The standard InChI is InChI=1S/C18H37NO.K.H/c1-2-3-4-5-6-7-8-9-10-11-12-13-14-15-16-17-18(19)20;;/h2-17H2,1H3,(H2,19,20);;. The number of primary amides is 1. The molecular formula is C18H38KNO. The van der Waals surface area contributed by atoms with Gasteiger partial charge < -0.3 is 5.73 Å². The van der Waals surface area contributed by atoms with Crippen molar-refractivity contribution in [2.45, 2.75) is 110 Å². The minimum atomic E-state index is -0.153. The zero-order valence-corrected chi connectivity index (χ0v) is 13.8. The maximum atomic E-state index is 10.6. The molecule has 2 nitrogen and oxygen atoms in total. The quantitative estimate of drug-likeness (QED) is 0.312. The summed E-state index contributed by atoms with van der Waals surface area (Å²) in [5, 5.41) is 0. The average Bonchev–Trinajstić information content (AvgIpc) is 2.43. The Labute approximate surface area is 175 Å². The van der Waals surface area contributed by atoms with E-state index in [1.165, 1.54) is 89.9 Å². The van der Waals surface area contributed by atoms with E-state index >= 15 is 0 Å². The van der Waals surface area contributed by atoms with Crippen molar-refractivity contribution in [1.82, 2.24) is 0 Å². The Morgan fingerprint density at radius 3 is 1.19 bits per heavy atom. The van der Waals surface area contributed by atoms with Crippen molar-refractivity contribution >= 4 is 57.3 Å². The Hall–Kier alpha value is 1.11. The van der Waals surface area contributed by atoms with E-state index in [1.54, 1.807) is 0 Å². The second-order valence-electron chi connectivity index (χ2n) is 6.17. The van der Waals surface area contributed by atoms with Crippen LogP contribution in [0.1, 0.15) is 110 Å². The van der Waals surface area contributed by atoms with Crippen LogP contribution in [-0.4, -0.2) is 57.3 Å². The number of nitrogens with two attached hydrogens (primary N) is 1. The summed E-state index contributed by atoms with van der Waals surface area (Å²) in [6.45, 7) is 2.28. The predicted molar refractivity (Wildman–Crippen MR) is 95.9 cm³/mol. The molecule has 0 radical (unpaired) electrons. The van der Waals surface area contributed by atoms with E-state index in [2.05, 4.69) is 6.92 Å². The molecule has 0 saturated carbocycles. The Morgan fingerprint density at radius 1 is 0.619 bits per heavy atom. The summed E-state index contributed by atoms with van der Waals surface area (Å²) < 4.78 is 0. The molecule has 21 heavy (non-hydrogen) atoms. The fourth-order valence-corrected chi connectivity index (χ4v) is 2.67. The van der Waals surface area contributed by atoms with Crippen molar-refractivity contribution in [3.8, 4) is 0 Å². The van der Waals surface area contributed by atoms with Crippen LogP contribution in [-0.2, 0) is 4.79 Å². The molecule has 0 bridgehead atoms.